The van der Waals surface area contributed by atoms with Crippen LogP contribution in [-0.2, 0) is 6.54 Å². The van der Waals surface area contributed by atoms with Gasteiger partial charge in [0.05, 0.1) is 0 Å². The van der Waals surface area contributed by atoms with Crippen molar-refractivity contribution in [3.63, 3.8) is 0 Å². The van der Waals surface area contributed by atoms with Crippen LogP contribution in [0.2, 0.25) is 0 Å². The third kappa shape index (κ3) is 3.48. The van der Waals surface area contributed by atoms with Crippen LogP contribution >= 0.6 is 11.8 Å². The molecule has 2 aliphatic rings. The van der Waals surface area contributed by atoms with Gasteiger partial charge in [0.2, 0.25) is 0 Å². The summed E-state index contributed by atoms with van der Waals surface area (Å²) in [5, 5.41) is 0.904. The van der Waals surface area contributed by atoms with Crippen molar-refractivity contribution in [3.8, 4) is 0 Å². The molecule has 3 rings (SSSR count). The van der Waals surface area contributed by atoms with Crippen molar-refractivity contribution < 1.29 is 0 Å². The summed E-state index contributed by atoms with van der Waals surface area (Å²) in [4.78, 5) is 11.5. The fourth-order valence-corrected chi connectivity index (χ4v) is 4.07. The van der Waals surface area contributed by atoms with Gasteiger partial charge in [-0.3, -0.25) is 4.90 Å². The first-order chi connectivity index (χ1) is 9.33. The Morgan fingerprint density at radius 2 is 1.89 bits per heavy atom. The lowest BCUT2D eigenvalue weighted by molar-refractivity contribution is 0.0806. The average molecular weight is 277 g/mol. The molecule has 4 heteroatoms. The van der Waals surface area contributed by atoms with E-state index in [1.54, 1.807) is 11.8 Å². The molecule has 2 atom stereocenters. The van der Waals surface area contributed by atoms with Gasteiger partial charge in [0.15, 0.2) is 5.16 Å². The molecular formula is C15H23N3S. The maximum absolute atomic E-state index is 4.43. The molecule has 1 aliphatic heterocycles. The van der Waals surface area contributed by atoms with Crippen LogP contribution in [0.5, 0.6) is 0 Å². The van der Waals surface area contributed by atoms with E-state index < -0.39 is 0 Å². The van der Waals surface area contributed by atoms with E-state index in [1.165, 1.54) is 44.3 Å². The Bertz CT molecular complexity index is 394. The molecule has 2 heterocycles. The predicted molar refractivity (Wildman–Crippen MR) is 79.2 cm³/mol. The standard InChI is InChI=1S/C15H23N3S/c1-2-19-15-16-7-14(8-17-15)11-18-9-12-4-3-5-13(6-12)10-18/h7-8,12-13H,2-6,9-11H2,1H3. The van der Waals surface area contributed by atoms with Gasteiger partial charge < -0.3 is 0 Å². The second-order valence-electron chi connectivity index (χ2n) is 5.90. The molecule has 1 aromatic rings. The smallest absolute Gasteiger partial charge is 0.187 e. The number of thioether (sulfide) groups is 1. The first-order valence-corrected chi connectivity index (χ1v) is 8.48. The molecule has 0 radical (unpaired) electrons. The van der Waals surface area contributed by atoms with E-state index in [4.69, 9.17) is 0 Å². The summed E-state index contributed by atoms with van der Waals surface area (Å²) in [6.07, 6.45) is 9.82. The van der Waals surface area contributed by atoms with E-state index in [0.717, 1.165) is 29.3 Å². The van der Waals surface area contributed by atoms with Gasteiger partial charge in [-0.05, 0) is 36.9 Å². The molecule has 0 aromatic carbocycles. The maximum Gasteiger partial charge on any atom is 0.187 e. The van der Waals surface area contributed by atoms with E-state index in [-0.39, 0.29) is 0 Å². The Kier molecular flexibility index (Phi) is 4.38. The summed E-state index contributed by atoms with van der Waals surface area (Å²) in [5.41, 5.74) is 1.26. The summed E-state index contributed by atoms with van der Waals surface area (Å²) in [5.74, 6) is 2.93. The molecule has 0 N–H and O–H groups in total. The highest BCUT2D eigenvalue weighted by molar-refractivity contribution is 7.99. The number of piperidine rings is 1. The Morgan fingerprint density at radius 1 is 1.21 bits per heavy atom. The van der Waals surface area contributed by atoms with Crippen molar-refractivity contribution in [1.29, 1.82) is 0 Å². The molecular weight excluding hydrogens is 254 g/mol. The lowest BCUT2D eigenvalue weighted by Crippen LogP contribution is -2.42. The summed E-state index contributed by atoms with van der Waals surface area (Å²) in [6.45, 7) is 5.72. The van der Waals surface area contributed by atoms with Gasteiger partial charge in [-0.25, -0.2) is 9.97 Å². The number of hydrogen-bond donors (Lipinski definition) is 0. The van der Waals surface area contributed by atoms with Gasteiger partial charge in [-0.2, -0.15) is 0 Å². The number of hydrogen-bond acceptors (Lipinski definition) is 4. The van der Waals surface area contributed by atoms with E-state index in [1.807, 2.05) is 12.4 Å². The molecule has 1 saturated carbocycles. The van der Waals surface area contributed by atoms with Crippen molar-refractivity contribution in [2.45, 2.75) is 44.3 Å². The highest BCUT2D eigenvalue weighted by Gasteiger charge is 2.30. The largest absolute Gasteiger partial charge is 0.298 e. The van der Waals surface area contributed by atoms with Crippen LogP contribution in [0.4, 0.5) is 0 Å². The average Bonchev–Trinajstić information content (AvgIpc) is 2.41. The van der Waals surface area contributed by atoms with Gasteiger partial charge in [-0.15, -0.1) is 0 Å². The number of rotatable bonds is 4. The summed E-state index contributed by atoms with van der Waals surface area (Å²) >= 11 is 1.71. The van der Waals surface area contributed by atoms with Crippen molar-refractivity contribution >= 4 is 11.8 Å². The molecule has 2 bridgehead atoms. The van der Waals surface area contributed by atoms with Gasteiger partial charge in [0, 0.05) is 37.6 Å². The number of nitrogens with zero attached hydrogens (tertiary/aromatic N) is 3. The minimum absolute atomic E-state index is 0.904. The summed E-state index contributed by atoms with van der Waals surface area (Å²) in [6, 6.07) is 0. The molecule has 104 valence electrons. The fourth-order valence-electron chi connectivity index (χ4n) is 3.55. The Hall–Kier alpha value is -0.610. The molecule has 19 heavy (non-hydrogen) atoms. The normalized spacial score (nSPS) is 27.4. The molecule has 0 spiro atoms. The number of likely N-dealkylation sites (tertiary alicyclic amines) is 1. The van der Waals surface area contributed by atoms with Crippen LogP contribution in [0.25, 0.3) is 0 Å². The van der Waals surface area contributed by atoms with Crippen LogP contribution in [0.15, 0.2) is 17.6 Å². The minimum Gasteiger partial charge on any atom is -0.298 e. The van der Waals surface area contributed by atoms with Gasteiger partial charge in [-0.1, -0.05) is 25.1 Å². The molecule has 0 amide bonds. The second-order valence-corrected chi connectivity index (χ2v) is 7.13. The zero-order valence-electron chi connectivity index (χ0n) is 11.7. The quantitative estimate of drug-likeness (QED) is 0.624. The summed E-state index contributed by atoms with van der Waals surface area (Å²) in [7, 11) is 0. The fraction of sp³-hybridized carbons (Fsp3) is 0.733. The highest BCUT2D eigenvalue weighted by atomic mass is 32.2. The lowest BCUT2D eigenvalue weighted by Gasteiger charge is -2.41. The molecule has 1 aliphatic carbocycles. The van der Waals surface area contributed by atoms with E-state index >= 15 is 0 Å². The van der Waals surface area contributed by atoms with Crippen LogP contribution in [0.1, 0.15) is 38.2 Å². The van der Waals surface area contributed by atoms with Crippen molar-refractivity contribution in [3.05, 3.63) is 18.0 Å². The molecule has 2 unspecified atom stereocenters. The van der Waals surface area contributed by atoms with E-state index in [0.29, 0.717) is 0 Å². The lowest BCUT2D eigenvalue weighted by atomic mass is 9.78. The molecule has 2 fully saturated rings. The van der Waals surface area contributed by atoms with Crippen molar-refractivity contribution in [2.75, 3.05) is 18.8 Å². The van der Waals surface area contributed by atoms with Crippen LogP contribution < -0.4 is 0 Å². The highest BCUT2D eigenvalue weighted by Crippen LogP contribution is 2.34. The SMILES string of the molecule is CCSc1ncc(CN2CC3CCCC(C3)C2)cn1. The van der Waals surface area contributed by atoms with Crippen LogP contribution in [-0.4, -0.2) is 33.7 Å². The Balaban J connectivity index is 1.58. The van der Waals surface area contributed by atoms with Gasteiger partial charge in [0.25, 0.3) is 0 Å². The topological polar surface area (TPSA) is 29.0 Å². The second kappa shape index (κ2) is 6.23. The zero-order valence-corrected chi connectivity index (χ0v) is 12.5. The van der Waals surface area contributed by atoms with Crippen molar-refractivity contribution in [2.24, 2.45) is 11.8 Å². The Morgan fingerprint density at radius 3 is 2.53 bits per heavy atom. The third-order valence-electron chi connectivity index (χ3n) is 4.29. The first kappa shape index (κ1) is 13.4. The number of fused-ring (bicyclic) bond motifs is 2. The van der Waals surface area contributed by atoms with Gasteiger partial charge >= 0.3 is 0 Å². The zero-order chi connectivity index (χ0) is 13.1. The van der Waals surface area contributed by atoms with Gasteiger partial charge in [0.1, 0.15) is 0 Å². The Labute approximate surface area is 120 Å². The van der Waals surface area contributed by atoms with Crippen LogP contribution in [0, 0.1) is 11.8 Å². The van der Waals surface area contributed by atoms with Crippen molar-refractivity contribution in [1.82, 2.24) is 14.9 Å². The maximum atomic E-state index is 4.43. The molecule has 3 nitrogen and oxygen atoms in total. The first-order valence-electron chi connectivity index (χ1n) is 7.49. The van der Waals surface area contributed by atoms with E-state index in [2.05, 4.69) is 21.8 Å². The number of aromatic nitrogens is 2. The molecule has 1 saturated heterocycles. The minimum atomic E-state index is 0.904. The third-order valence-corrected chi connectivity index (χ3v) is 5.04. The predicted octanol–water partition coefficient (Wildman–Crippen LogP) is 3.21. The monoisotopic (exact) mass is 277 g/mol. The van der Waals surface area contributed by atoms with Crippen LogP contribution in [0.3, 0.4) is 0 Å². The molecule has 1 aromatic heterocycles. The van der Waals surface area contributed by atoms with E-state index in [9.17, 15) is 0 Å². The summed E-state index contributed by atoms with van der Waals surface area (Å²) < 4.78 is 0.